The summed E-state index contributed by atoms with van der Waals surface area (Å²) in [6.07, 6.45) is 4.07. The number of rotatable bonds is 5. The minimum atomic E-state index is 0.226. The Morgan fingerprint density at radius 3 is 2.50 bits per heavy atom. The van der Waals surface area contributed by atoms with Crippen LogP contribution in [0.3, 0.4) is 0 Å². The lowest BCUT2D eigenvalue weighted by molar-refractivity contribution is 0.458. The fourth-order valence-electron chi connectivity index (χ4n) is 0.994. The van der Waals surface area contributed by atoms with E-state index in [1.165, 1.54) is 6.26 Å². The summed E-state index contributed by atoms with van der Waals surface area (Å²) in [5.41, 5.74) is 6.72. The number of hydrogen-bond donors (Lipinski definition) is 2. The third kappa shape index (κ3) is 6.91. The van der Waals surface area contributed by atoms with Crippen LogP contribution >= 0.6 is 22.6 Å². The van der Waals surface area contributed by atoms with Crippen molar-refractivity contribution in [2.45, 2.75) is 43.1 Å². The van der Waals surface area contributed by atoms with Gasteiger partial charge in [0.15, 0.2) is 0 Å². The summed E-state index contributed by atoms with van der Waals surface area (Å²) in [4.78, 5) is 0. The number of halogens is 1. The summed E-state index contributed by atoms with van der Waals surface area (Å²) in [5, 5.41) is 8.88. The molecule has 0 heterocycles. The highest BCUT2D eigenvalue weighted by molar-refractivity contribution is 14.1. The van der Waals surface area contributed by atoms with E-state index in [1.54, 1.807) is 0 Å². The fraction of sp³-hybridized carbons (Fsp3) is 0.778. The summed E-state index contributed by atoms with van der Waals surface area (Å²) in [6.45, 7) is 4.12. The number of aliphatic hydroxyl groups is 1. The zero-order valence-corrected chi connectivity index (χ0v) is 9.91. The van der Waals surface area contributed by atoms with Gasteiger partial charge >= 0.3 is 0 Å². The lowest BCUT2D eigenvalue weighted by Gasteiger charge is -2.09. The van der Waals surface area contributed by atoms with E-state index >= 15 is 0 Å². The Labute approximate surface area is 88.4 Å². The smallest absolute Gasteiger partial charge is 0.0784 e. The highest BCUT2D eigenvalue weighted by Gasteiger charge is 2.03. The Morgan fingerprint density at radius 1 is 1.58 bits per heavy atom. The summed E-state index contributed by atoms with van der Waals surface area (Å²) in [6, 6.07) is 0.226. The molecule has 12 heavy (non-hydrogen) atoms. The second-order valence-corrected chi connectivity index (χ2v) is 5.41. The Hall–Kier alpha value is 0.230. The largest absolute Gasteiger partial charge is 0.516 e. The Bertz CT molecular complexity index is 143. The first-order valence-electron chi connectivity index (χ1n) is 4.28. The monoisotopic (exact) mass is 283 g/mol. The van der Waals surface area contributed by atoms with Gasteiger partial charge < -0.3 is 10.8 Å². The van der Waals surface area contributed by atoms with Gasteiger partial charge in [0.05, 0.1) is 6.26 Å². The van der Waals surface area contributed by atoms with Gasteiger partial charge in [0.25, 0.3) is 0 Å². The number of allylic oxidation sites excluding steroid dienone is 1. The molecule has 2 atom stereocenters. The molecule has 3 N–H and O–H groups in total. The third-order valence-electron chi connectivity index (χ3n) is 1.65. The fourth-order valence-corrected chi connectivity index (χ4v) is 1.56. The van der Waals surface area contributed by atoms with Gasteiger partial charge in [-0.25, -0.2) is 0 Å². The van der Waals surface area contributed by atoms with Gasteiger partial charge in [-0.15, -0.1) is 0 Å². The van der Waals surface area contributed by atoms with E-state index in [4.69, 9.17) is 10.8 Å². The van der Waals surface area contributed by atoms with Crippen LogP contribution in [0.1, 0.15) is 33.1 Å². The normalized spacial score (nSPS) is 17.5. The summed E-state index contributed by atoms with van der Waals surface area (Å²) >= 11 is 2.35. The molecule has 0 amide bonds. The number of aliphatic hydroxyl groups excluding tert-OH is 1. The number of nitrogens with two attached hydrogens (primary N) is 1. The van der Waals surface area contributed by atoms with E-state index in [0.29, 0.717) is 3.92 Å². The van der Waals surface area contributed by atoms with E-state index in [9.17, 15) is 0 Å². The maximum absolute atomic E-state index is 8.88. The molecule has 3 heteroatoms. The van der Waals surface area contributed by atoms with Crippen LogP contribution in [0.15, 0.2) is 11.8 Å². The lowest BCUT2D eigenvalue weighted by atomic mass is 10.0. The minimum Gasteiger partial charge on any atom is -0.516 e. The molecular weight excluding hydrogens is 265 g/mol. The zero-order valence-electron chi connectivity index (χ0n) is 7.76. The van der Waals surface area contributed by atoms with Gasteiger partial charge in [-0.2, -0.15) is 0 Å². The maximum atomic E-state index is 8.88. The molecule has 0 saturated carbocycles. The molecule has 0 aliphatic rings. The maximum Gasteiger partial charge on any atom is 0.0784 e. The summed E-state index contributed by atoms with van der Waals surface area (Å²) in [5.74, 6) is 0. The van der Waals surface area contributed by atoms with Crippen LogP contribution in [0, 0.1) is 0 Å². The van der Waals surface area contributed by atoms with Crippen LogP contribution < -0.4 is 5.73 Å². The molecule has 0 aromatic carbocycles. The van der Waals surface area contributed by atoms with Crippen molar-refractivity contribution in [2.75, 3.05) is 0 Å². The van der Waals surface area contributed by atoms with E-state index in [2.05, 4.69) is 29.5 Å². The minimum absolute atomic E-state index is 0.226. The van der Waals surface area contributed by atoms with Crippen molar-refractivity contribution >= 4 is 22.6 Å². The molecule has 0 aliphatic carbocycles. The zero-order chi connectivity index (χ0) is 9.56. The van der Waals surface area contributed by atoms with Gasteiger partial charge in [-0.05, 0) is 31.8 Å². The average molecular weight is 283 g/mol. The Balaban J connectivity index is 3.70. The number of hydrogen-bond acceptors (Lipinski definition) is 2. The molecular formula is C9H18INO. The molecule has 2 nitrogen and oxygen atoms in total. The van der Waals surface area contributed by atoms with Gasteiger partial charge in [0, 0.05) is 9.97 Å². The molecule has 0 aliphatic heterocycles. The van der Waals surface area contributed by atoms with Gasteiger partial charge in [0.2, 0.25) is 0 Å². The van der Waals surface area contributed by atoms with Gasteiger partial charge in [-0.1, -0.05) is 29.5 Å². The van der Waals surface area contributed by atoms with Crippen LogP contribution in [-0.2, 0) is 0 Å². The van der Waals surface area contributed by atoms with E-state index in [1.807, 2.05) is 6.92 Å². The van der Waals surface area contributed by atoms with E-state index in [-0.39, 0.29) is 6.04 Å². The highest BCUT2D eigenvalue weighted by atomic mass is 127. The van der Waals surface area contributed by atoms with Crippen LogP contribution in [0.25, 0.3) is 0 Å². The van der Waals surface area contributed by atoms with Crippen molar-refractivity contribution in [1.82, 2.24) is 0 Å². The van der Waals surface area contributed by atoms with Crippen LogP contribution in [-0.4, -0.2) is 15.1 Å². The summed E-state index contributed by atoms with van der Waals surface area (Å²) in [7, 11) is 0. The molecule has 0 aromatic rings. The van der Waals surface area contributed by atoms with Crippen molar-refractivity contribution in [2.24, 2.45) is 5.73 Å². The number of alkyl halides is 1. The van der Waals surface area contributed by atoms with Crippen molar-refractivity contribution in [3.63, 3.8) is 0 Å². The van der Waals surface area contributed by atoms with Crippen molar-refractivity contribution in [1.29, 1.82) is 0 Å². The van der Waals surface area contributed by atoms with Crippen LogP contribution in [0.4, 0.5) is 0 Å². The van der Waals surface area contributed by atoms with E-state index < -0.39 is 0 Å². The second kappa shape index (κ2) is 6.71. The Kier molecular flexibility index (Phi) is 6.84. The Morgan fingerprint density at radius 2 is 2.17 bits per heavy atom. The predicted octanol–water partition coefficient (Wildman–Crippen LogP) is 2.77. The molecule has 0 saturated heterocycles. The average Bonchev–Trinajstić information content (AvgIpc) is 1.97. The topological polar surface area (TPSA) is 46.2 Å². The first-order valence-corrected chi connectivity index (χ1v) is 5.52. The van der Waals surface area contributed by atoms with Crippen LogP contribution in [0.2, 0.25) is 0 Å². The lowest BCUT2D eigenvalue weighted by Crippen LogP contribution is -2.14. The summed E-state index contributed by atoms with van der Waals surface area (Å²) < 4.78 is 0.578. The third-order valence-corrected chi connectivity index (χ3v) is 2.09. The SMILES string of the molecule is CC(N)CC/C(=C/O)CC(C)I. The quantitative estimate of drug-likeness (QED) is 0.463. The molecule has 0 fully saturated rings. The highest BCUT2D eigenvalue weighted by Crippen LogP contribution is 2.17. The second-order valence-electron chi connectivity index (χ2n) is 3.29. The molecule has 0 radical (unpaired) electrons. The predicted molar refractivity (Wildman–Crippen MR) is 61.7 cm³/mol. The van der Waals surface area contributed by atoms with Gasteiger partial charge in [-0.3, -0.25) is 0 Å². The standard InChI is InChI=1S/C9H18INO/c1-7(10)5-9(6-12)4-3-8(2)11/h6-8,12H,3-5,11H2,1-2H3/b9-6-. The van der Waals surface area contributed by atoms with Crippen molar-refractivity contribution in [3.8, 4) is 0 Å². The van der Waals surface area contributed by atoms with Gasteiger partial charge in [0.1, 0.15) is 0 Å². The molecule has 0 aromatic heterocycles. The molecule has 72 valence electrons. The van der Waals surface area contributed by atoms with E-state index in [0.717, 1.165) is 24.8 Å². The first kappa shape index (κ1) is 12.2. The van der Waals surface area contributed by atoms with Crippen molar-refractivity contribution in [3.05, 3.63) is 11.8 Å². The first-order chi connectivity index (χ1) is 5.56. The van der Waals surface area contributed by atoms with Crippen LogP contribution in [0.5, 0.6) is 0 Å². The molecule has 0 spiro atoms. The molecule has 0 bridgehead atoms. The molecule has 2 unspecified atom stereocenters. The molecule has 0 rings (SSSR count). The van der Waals surface area contributed by atoms with Crippen molar-refractivity contribution < 1.29 is 5.11 Å².